The smallest absolute Gasteiger partial charge is 0.244 e. The highest BCUT2D eigenvalue weighted by atomic mass is 16.2. The largest absolute Gasteiger partial charge is 0.349 e. The molecule has 5 nitrogen and oxygen atoms in total. The van der Waals surface area contributed by atoms with Gasteiger partial charge in [-0.15, -0.1) is 0 Å². The summed E-state index contributed by atoms with van der Waals surface area (Å²) in [6.07, 6.45) is 2.40. The summed E-state index contributed by atoms with van der Waals surface area (Å²) in [5.41, 5.74) is 6.90. The third-order valence-electron chi connectivity index (χ3n) is 3.98. The number of hydrogen-bond donors (Lipinski definition) is 2. The quantitative estimate of drug-likeness (QED) is 0.860. The normalized spacial score (nSPS) is 17.0. The summed E-state index contributed by atoms with van der Waals surface area (Å²) in [7, 11) is 3.47. The van der Waals surface area contributed by atoms with Crippen molar-refractivity contribution in [2.24, 2.45) is 11.7 Å². The molecule has 1 unspecified atom stereocenters. The summed E-state index contributed by atoms with van der Waals surface area (Å²) in [6.45, 7) is 1.78. The minimum absolute atomic E-state index is 0.0510. The molecule has 0 radical (unpaired) electrons. The van der Waals surface area contributed by atoms with Crippen LogP contribution in [0.1, 0.15) is 25.3 Å². The standard InChI is InChI=1S/C16H23N3O2/c1-16(17,12-6-7-12)15(21)18-13-8-4-11(5-9-13)10-14(20)19(2)3/h4-5,8-9,12H,6-7,10,17H2,1-3H3,(H,18,21). The van der Waals surface area contributed by atoms with E-state index in [1.165, 1.54) is 0 Å². The van der Waals surface area contributed by atoms with Crippen LogP contribution >= 0.6 is 0 Å². The molecule has 2 amide bonds. The Hall–Kier alpha value is -1.88. The molecule has 0 bridgehead atoms. The Morgan fingerprint density at radius 3 is 2.33 bits per heavy atom. The Kier molecular flexibility index (Phi) is 4.32. The molecule has 21 heavy (non-hydrogen) atoms. The first-order chi connectivity index (χ1) is 9.80. The van der Waals surface area contributed by atoms with Crippen molar-refractivity contribution in [1.29, 1.82) is 0 Å². The molecule has 1 saturated carbocycles. The number of likely N-dealkylation sites (N-methyl/N-ethyl adjacent to an activating group) is 1. The SMILES string of the molecule is CN(C)C(=O)Cc1ccc(NC(=O)C(C)(N)C2CC2)cc1. The zero-order chi connectivity index (χ0) is 15.6. The van der Waals surface area contributed by atoms with E-state index >= 15 is 0 Å². The van der Waals surface area contributed by atoms with Crippen molar-refractivity contribution in [2.75, 3.05) is 19.4 Å². The highest BCUT2D eigenvalue weighted by Crippen LogP contribution is 2.38. The average Bonchev–Trinajstić information content (AvgIpc) is 3.25. The molecule has 1 atom stereocenters. The summed E-state index contributed by atoms with van der Waals surface area (Å²) in [4.78, 5) is 25.4. The van der Waals surface area contributed by atoms with Crippen molar-refractivity contribution >= 4 is 17.5 Å². The van der Waals surface area contributed by atoms with Crippen LogP contribution in [0.3, 0.4) is 0 Å². The van der Waals surface area contributed by atoms with Crippen molar-refractivity contribution in [3.05, 3.63) is 29.8 Å². The number of hydrogen-bond acceptors (Lipinski definition) is 3. The first-order valence-electron chi connectivity index (χ1n) is 7.20. The molecule has 0 spiro atoms. The van der Waals surface area contributed by atoms with Gasteiger partial charge in [-0.2, -0.15) is 0 Å². The van der Waals surface area contributed by atoms with Crippen molar-refractivity contribution < 1.29 is 9.59 Å². The molecule has 5 heteroatoms. The first-order valence-corrected chi connectivity index (χ1v) is 7.20. The Morgan fingerprint density at radius 1 is 1.29 bits per heavy atom. The van der Waals surface area contributed by atoms with E-state index in [0.717, 1.165) is 18.4 Å². The molecule has 0 saturated heterocycles. The molecule has 2 rings (SSSR count). The molecule has 1 aromatic rings. The van der Waals surface area contributed by atoms with Crippen LogP contribution in [0.15, 0.2) is 24.3 Å². The van der Waals surface area contributed by atoms with E-state index in [9.17, 15) is 9.59 Å². The average molecular weight is 289 g/mol. The Bertz CT molecular complexity index is 531. The van der Waals surface area contributed by atoms with Gasteiger partial charge in [0.1, 0.15) is 0 Å². The number of anilines is 1. The zero-order valence-corrected chi connectivity index (χ0v) is 12.8. The van der Waals surface area contributed by atoms with E-state index in [2.05, 4.69) is 5.32 Å². The number of benzene rings is 1. The maximum absolute atomic E-state index is 12.2. The van der Waals surface area contributed by atoms with E-state index < -0.39 is 5.54 Å². The van der Waals surface area contributed by atoms with Gasteiger partial charge in [-0.25, -0.2) is 0 Å². The first kappa shape index (κ1) is 15.5. The molecule has 114 valence electrons. The van der Waals surface area contributed by atoms with Crippen molar-refractivity contribution in [3.63, 3.8) is 0 Å². The fourth-order valence-corrected chi connectivity index (χ4v) is 2.17. The fourth-order valence-electron chi connectivity index (χ4n) is 2.17. The summed E-state index contributed by atoms with van der Waals surface area (Å²) in [6, 6.07) is 7.31. The number of nitrogens with one attached hydrogen (secondary N) is 1. The van der Waals surface area contributed by atoms with Crippen molar-refractivity contribution in [3.8, 4) is 0 Å². The molecule has 3 N–H and O–H groups in total. The van der Waals surface area contributed by atoms with Crippen LogP contribution in [0.5, 0.6) is 0 Å². The van der Waals surface area contributed by atoms with Gasteiger partial charge in [0.2, 0.25) is 11.8 Å². The summed E-state index contributed by atoms with van der Waals surface area (Å²) < 4.78 is 0. The third kappa shape index (κ3) is 3.82. The second-order valence-electron chi connectivity index (χ2n) is 6.17. The van der Waals surface area contributed by atoms with Gasteiger partial charge in [0.05, 0.1) is 12.0 Å². The van der Waals surface area contributed by atoms with Gasteiger partial charge in [-0.1, -0.05) is 12.1 Å². The molecule has 1 aromatic carbocycles. The second kappa shape index (κ2) is 5.85. The molecular weight excluding hydrogens is 266 g/mol. The summed E-state index contributed by atoms with van der Waals surface area (Å²) in [5, 5.41) is 2.85. The van der Waals surface area contributed by atoms with E-state index in [0.29, 0.717) is 12.1 Å². The van der Waals surface area contributed by atoms with Crippen LogP contribution in [-0.4, -0.2) is 36.3 Å². The van der Waals surface area contributed by atoms with Gasteiger partial charge in [-0.05, 0) is 43.4 Å². The molecule has 0 aliphatic heterocycles. The Labute approximate surface area is 125 Å². The molecule has 1 fully saturated rings. The lowest BCUT2D eigenvalue weighted by Gasteiger charge is -2.23. The van der Waals surface area contributed by atoms with E-state index in [1.807, 2.05) is 12.1 Å². The number of amides is 2. The maximum Gasteiger partial charge on any atom is 0.244 e. The predicted octanol–water partition coefficient (Wildman–Crippen LogP) is 1.38. The predicted molar refractivity (Wildman–Crippen MR) is 82.8 cm³/mol. The van der Waals surface area contributed by atoms with Crippen molar-refractivity contribution in [2.45, 2.75) is 31.7 Å². The molecule has 0 aromatic heterocycles. The third-order valence-corrected chi connectivity index (χ3v) is 3.98. The molecule has 0 heterocycles. The zero-order valence-electron chi connectivity index (χ0n) is 12.8. The van der Waals surface area contributed by atoms with Gasteiger partial charge in [-0.3, -0.25) is 9.59 Å². The molecule has 1 aliphatic carbocycles. The number of rotatable bonds is 5. The number of carbonyl (C=O) groups is 2. The van der Waals surface area contributed by atoms with E-state index in [4.69, 9.17) is 5.73 Å². The minimum atomic E-state index is -0.806. The number of carbonyl (C=O) groups excluding carboxylic acids is 2. The highest BCUT2D eigenvalue weighted by molar-refractivity contribution is 5.98. The van der Waals surface area contributed by atoms with Gasteiger partial charge in [0.15, 0.2) is 0 Å². The van der Waals surface area contributed by atoms with Gasteiger partial charge in [0.25, 0.3) is 0 Å². The van der Waals surface area contributed by atoms with Crippen LogP contribution in [0.2, 0.25) is 0 Å². The van der Waals surface area contributed by atoms with Crippen LogP contribution in [0, 0.1) is 5.92 Å². The Morgan fingerprint density at radius 2 is 1.86 bits per heavy atom. The van der Waals surface area contributed by atoms with Crippen molar-refractivity contribution in [1.82, 2.24) is 4.90 Å². The molecular formula is C16H23N3O2. The van der Waals surface area contributed by atoms with Gasteiger partial charge in [0, 0.05) is 19.8 Å². The van der Waals surface area contributed by atoms with E-state index in [-0.39, 0.29) is 17.7 Å². The number of nitrogens with zero attached hydrogens (tertiary/aromatic N) is 1. The van der Waals surface area contributed by atoms with Crippen LogP contribution in [0.25, 0.3) is 0 Å². The molecule has 1 aliphatic rings. The summed E-state index contributed by atoms with van der Waals surface area (Å²) >= 11 is 0. The number of nitrogens with two attached hydrogens (primary N) is 1. The Balaban J connectivity index is 1.96. The maximum atomic E-state index is 12.2. The van der Waals surface area contributed by atoms with Crippen LogP contribution in [-0.2, 0) is 16.0 Å². The lowest BCUT2D eigenvalue weighted by Crippen LogP contribution is -2.50. The van der Waals surface area contributed by atoms with E-state index in [1.54, 1.807) is 38.1 Å². The lowest BCUT2D eigenvalue weighted by atomic mass is 9.96. The monoisotopic (exact) mass is 289 g/mol. The lowest BCUT2D eigenvalue weighted by molar-refractivity contribution is -0.128. The second-order valence-corrected chi connectivity index (χ2v) is 6.17. The van der Waals surface area contributed by atoms with Gasteiger partial charge >= 0.3 is 0 Å². The topological polar surface area (TPSA) is 75.4 Å². The summed E-state index contributed by atoms with van der Waals surface area (Å²) in [5.74, 6) is 0.187. The van der Waals surface area contributed by atoms with Gasteiger partial charge < -0.3 is 16.0 Å². The minimum Gasteiger partial charge on any atom is -0.349 e. The fraction of sp³-hybridized carbons (Fsp3) is 0.500. The van der Waals surface area contributed by atoms with Crippen LogP contribution in [0.4, 0.5) is 5.69 Å². The highest BCUT2D eigenvalue weighted by Gasteiger charge is 2.44. The van der Waals surface area contributed by atoms with Crippen LogP contribution < -0.4 is 11.1 Å².